The molecule has 0 unspecified atom stereocenters. The summed E-state index contributed by atoms with van der Waals surface area (Å²) in [6, 6.07) is 12.3. The van der Waals surface area contributed by atoms with Crippen LogP contribution in [0.2, 0.25) is 0 Å². The largest absolute Gasteiger partial charge is 0.378 e. The Morgan fingerprint density at radius 1 is 0.946 bits per heavy atom. The van der Waals surface area contributed by atoms with E-state index in [0.717, 1.165) is 35.6 Å². The van der Waals surface area contributed by atoms with Crippen LogP contribution in [-0.2, 0) is 14.8 Å². The molecule has 0 spiro atoms. The Morgan fingerprint density at radius 3 is 2.46 bits per heavy atom. The third-order valence-corrected chi connectivity index (χ3v) is 8.21. The van der Waals surface area contributed by atoms with Crippen LogP contribution in [0.5, 0.6) is 0 Å². The highest BCUT2D eigenvalue weighted by Crippen LogP contribution is 2.30. The van der Waals surface area contributed by atoms with Crippen LogP contribution in [0.25, 0.3) is 28.2 Å². The van der Waals surface area contributed by atoms with Gasteiger partial charge in [-0.25, -0.2) is 18.1 Å². The second-order valence-corrected chi connectivity index (χ2v) is 11.5. The summed E-state index contributed by atoms with van der Waals surface area (Å²) in [5, 5.41) is 4.81. The number of aromatic nitrogens is 5. The number of hydrogen-bond donors (Lipinski definition) is 1. The van der Waals surface area contributed by atoms with Crippen molar-refractivity contribution in [3.63, 3.8) is 0 Å². The number of sulfonamides is 1. The van der Waals surface area contributed by atoms with Crippen LogP contribution < -0.4 is 9.80 Å². The van der Waals surface area contributed by atoms with Gasteiger partial charge in [-0.1, -0.05) is 23.8 Å². The van der Waals surface area contributed by atoms with E-state index in [4.69, 9.17) is 19.8 Å². The highest BCUT2D eigenvalue weighted by Gasteiger charge is 2.26. The number of imidazole rings is 1. The summed E-state index contributed by atoms with van der Waals surface area (Å²) < 4.78 is 32.7. The Labute approximate surface area is 215 Å². The standard InChI is InChI=1S/C25H30N8O3S/c1-18-4-3-5-19(16-18)20-6-7-33(29-20)22-17-21(30-12-14-36-15-13-30)23-24(26-22)28-25(27-23)31-8-10-32(11-9-31)37(2,34)35/h3-7,16-17H,8-15H2,1-2H3,(H,26,27,28). The molecule has 0 atom stereocenters. The summed E-state index contributed by atoms with van der Waals surface area (Å²) in [5.74, 6) is 1.39. The van der Waals surface area contributed by atoms with Gasteiger partial charge >= 0.3 is 0 Å². The molecule has 2 aliphatic rings. The van der Waals surface area contributed by atoms with Crippen LogP contribution in [0.1, 0.15) is 5.56 Å². The molecule has 0 saturated carbocycles. The number of nitrogens with one attached hydrogen (secondary N) is 1. The van der Waals surface area contributed by atoms with E-state index in [9.17, 15) is 8.42 Å². The van der Waals surface area contributed by atoms with Gasteiger partial charge in [-0.15, -0.1) is 0 Å². The van der Waals surface area contributed by atoms with Crippen molar-refractivity contribution in [2.24, 2.45) is 0 Å². The van der Waals surface area contributed by atoms with Gasteiger partial charge in [0, 0.05) is 57.1 Å². The molecule has 5 heterocycles. The van der Waals surface area contributed by atoms with Crippen molar-refractivity contribution < 1.29 is 13.2 Å². The van der Waals surface area contributed by atoms with E-state index >= 15 is 0 Å². The lowest BCUT2D eigenvalue weighted by atomic mass is 10.1. The maximum absolute atomic E-state index is 11.9. The Balaban J connectivity index is 1.37. The molecule has 0 aliphatic carbocycles. The van der Waals surface area contributed by atoms with Gasteiger partial charge < -0.3 is 19.5 Å². The number of rotatable bonds is 5. The van der Waals surface area contributed by atoms with Crippen LogP contribution in [0.3, 0.4) is 0 Å². The highest BCUT2D eigenvalue weighted by molar-refractivity contribution is 7.88. The van der Waals surface area contributed by atoms with Crippen LogP contribution in [0.15, 0.2) is 42.6 Å². The lowest BCUT2D eigenvalue weighted by molar-refractivity contribution is 0.123. The van der Waals surface area contributed by atoms with E-state index in [2.05, 4.69) is 39.9 Å². The number of nitrogens with zero attached hydrogens (tertiary/aromatic N) is 7. The Kier molecular flexibility index (Phi) is 6.09. The number of ether oxygens (including phenoxy) is 1. The second-order valence-electron chi connectivity index (χ2n) is 9.52. The minimum Gasteiger partial charge on any atom is -0.378 e. The van der Waals surface area contributed by atoms with E-state index in [-0.39, 0.29) is 0 Å². The smallest absolute Gasteiger partial charge is 0.211 e. The van der Waals surface area contributed by atoms with Crippen molar-refractivity contribution in [3.05, 3.63) is 48.2 Å². The van der Waals surface area contributed by atoms with Crippen molar-refractivity contribution >= 4 is 32.8 Å². The Bertz CT molecular complexity index is 1530. The molecule has 0 radical (unpaired) electrons. The summed E-state index contributed by atoms with van der Waals surface area (Å²) in [7, 11) is -3.20. The first-order valence-corrected chi connectivity index (χ1v) is 14.3. The molecule has 2 fully saturated rings. The third kappa shape index (κ3) is 4.79. The lowest BCUT2D eigenvalue weighted by Crippen LogP contribution is -2.48. The zero-order chi connectivity index (χ0) is 25.6. The molecule has 1 N–H and O–H groups in total. The van der Waals surface area contributed by atoms with E-state index in [1.807, 2.05) is 24.4 Å². The van der Waals surface area contributed by atoms with Crippen LogP contribution in [0, 0.1) is 6.92 Å². The summed E-state index contributed by atoms with van der Waals surface area (Å²) in [4.78, 5) is 17.5. The van der Waals surface area contributed by atoms with E-state index < -0.39 is 10.0 Å². The number of piperazine rings is 1. The zero-order valence-electron chi connectivity index (χ0n) is 21.0. The SMILES string of the molecule is Cc1cccc(-c2ccn(-c3cc(N4CCOCC4)c4[nH]c(N5CCN(S(C)(=O)=O)CC5)nc4n3)n2)c1. The molecule has 12 heteroatoms. The second kappa shape index (κ2) is 9.43. The number of aryl methyl sites for hydroxylation is 1. The van der Waals surface area contributed by atoms with Gasteiger partial charge in [0.1, 0.15) is 5.52 Å². The maximum atomic E-state index is 11.9. The number of hydrogen-bond acceptors (Lipinski definition) is 8. The summed E-state index contributed by atoms with van der Waals surface area (Å²) >= 11 is 0. The molecule has 0 bridgehead atoms. The summed E-state index contributed by atoms with van der Waals surface area (Å²) in [5.41, 5.74) is 5.59. The monoisotopic (exact) mass is 522 g/mol. The number of benzene rings is 1. The van der Waals surface area contributed by atoms with Gasteiger partial charge in [0.15, 0.2) is 11.5 Å². The van der Waals surface area contributed by atoms with E-state index in [0.29, 0.717) is 56.8 Å². The summed E-state index contributed by atoms with van der Waals surface area (Å²) in [6.45, 7) is 6.92. The molecule has 4 aromatic rings. The molecule has 0 amide bonds. The summed E-state index contributed by atoms with van der Waals surface area (Å²) in [6.07, 6.45) is 3.18. The molecule has 1 aromatic carbocycles. The van der Waals surface area contributed by atoms with E-state index in [1.54, 1.807) is 4.68 Å². The van der Waals surface area contributed by atoms with Crippen molar-refractivity contribution in [2.45, 2.75) is 6.92 Å². The number of pyridine rings is 1. The Morgan fingerprint density at radius 2 is 1.73 bits per heavy atom. The molecule has 194 valence electrons. The van der Waals surface area contributed by atoms with Gasteiger partial charge in [0.05, 0.1) is 30.9 Å². The number of aromatic amines is 1. The normalized spacial score (nSPS) is 17.6. The Hall–Kier alpha value is -3.48. The number of H-pyrrole nitrogens is 1. The topological polar surface area (TPSA) is 112 Å². The van der Waals surface area contributed by atoms with Crippen LogP contribution in [-0.4, -0.2) is 96.2 Å². The molecule has 3 aromatic heterocycles. The van der Waals surface area contributed by atoms with E-state index in [1.165, 1.54) is 16.1 Å². The van der Waals surface area contributed by atoms with Crippen LogP contribution in [0.4, 0.5) is 11.6 Å². The van der Waals surface area contributed by atoms with Gasteiger partial charge in [-0.3, -0.25) is 0 Å². The number of fused-ring (bicyclic) bond motifs is 1. The molecular formula is C25H30N8O3S. The first kappa shape index (κ1) is 23.9. The predicted molar refractivity (Wildman–Crippen MR) is 143 cm³/mol. The molecule has 2 saturated heterocycles. The fourth-order valence-corrected chi connectivity index (χ4v) is 5.74. The zero-order valence-corrected chi connectivity index (χ0v) is 21.8. The molecular weight excluding hydrogens is 492 g/mol. The average molecular weight is 523 g/mol. The van der Waals surface area contributed by atoms with Crippen molar-refractivity contribution in [1.82, 2.24) is 29.0 Å². The first-order valence-electron chi connectivity index (χ1n) is 12.4. The molecule has 11 nitrogen and oxygen atoms in total. The van der Waals surface area contributed by atoms with Gasteiger partial charge in [0.2, 0.25) is 16.0 Å². The fourth-order valence-electron chi connectivity index (χ4n) is 4.91. The number of morpholine rings is 1. The first-order chi connectivity index (χ1) is 17.8. The predicted octanol–water partition coefficient (Wildman–Crippen LogP) is 2.04. The fraction of sp³-hybridized carbons (Fsp3) is 0.400. The maximum Gasteiger partial charge on any atom is 0.211 e. The molecule has 6 rings (SSSR count). The molecule has 37 heavy (non-hydrogen) atoms. The average Bonchev–Trinajstić information content (AvgIpc) is 3.56. The minimum atomic E-state index is -3.20. The van der Waals surface area contributed by atoms with Crippen molar-refractivity contribution in [1.29, 1.82) is 0 Å². The number of anilines is 2. The minimum absolute atomic E-state index is 0.430. The van der Waals surface area contributed by atoms with Gasteiger partial charge in [0.25, 0.3) is 0 Å². The van der Waals surface area contributed by atoms with Gasteiger partial charge in [-0.05, 0) is 19.1 Å². The highest BCUT2D eigenvalue weighted by atomic mass is 32.2. The van der Waals surface area contributed by atoms with Crippen molar-refractivity contribution in [3.8, 4) is 17.1 Å². The lowest BCUT2D eigenvalue weighted by Gasteiger charge is -2.33. The molecule has 2 aliphatic heterocycles. The van der Waals surface area contributed by atoms with Crippen molar-refractivity contribution in [2.75, 3.05) is 68.5 Å². The quantitative estimate of drug-likeness (QED) is 0.424. The van der Waals surface area contributed by atoms with Crippen LogP contribution >= 0.6 is 0 Å². The van der Waals surface area contributed by atoms with Gasteiger partial charge in [-0.2, -0.15) is 14.4 Å². The third-order valence-electron chi connectivity index (χ3n) is 6.91.